The van der Waals surface area contributed by atoms with Gasteiger partial charge in [-0.2, -0.15) is 0 Å². The molecule has 2 aliphatic carbocycles. The lowest BCUT2D eigenvalue weighted by Crippen LogP contribution is -2.61. The van der Waals surface area contributed by atoms with Gasteiger partial charge in [-0.25, -0.2) is 0 Å². The first-order valence-corrected chi connectivity index (χ1v) is 28.2. The summed E-state index contributed by atoms with van der Waals surface area (Å²) in [5, 5.41) is 2.65. The van der Waals surface area contributed by atoms with Gasteiger partial charge in [0.2, 0.25) is 0 Å². The van der Waals surface area contributed by atoms with Gasteiger partial charge in [-0.3, -0.25) is 0 Å². The van der Waals surface area contributed by atoms with Crippen LogP contribution in [-0.4, -0.2) is 12.3 Å². The molecule has 0 bridgehead atoms. The third-order valence-electron chi connectivity index (χ3n) is 19.0. The van der Waals surface area contributed by atoms with Crippen molar-refractivity contribution in [2.75, 3.05) is 14.7 Å². The highest BCUT2D eigenvalue weighted by Crippen LogP contribution is 2.63. The van der Waals surface area contributed by atoms with E-state index in [1.165, 1.54) is 146 Å². The minimum absolute atomic E-state index is 0.00338. The molecular formula is C69H68BN3S. The van der Waals surface area contributed by atoms with Gasteiger partial charge in [0.05, 0.1) is 5.54 Å². The highest BCUT2D eigenvalue weighted by molar-refractivity contribution is 7.25. The monoisotopic (exact) mass is 982 g/mol. The molecule has 1 fully saturated rings. The molecule has 5 aliphatic rings. The van der Waals surface area contributed by atoms with Gasteiger partial charge in [-0.15, -0.1) is 11.3 Å². The number of hydrogen-bond donors (Lipinski definition) is 0. The smallest absolute Gasteiger partial charge is 0.252 e. The van der Waals surface area contributed by atoms with Crippen LogP contribution in [0.5, 0.6) is 0 Å². The Bertz CT molecular complexity index is 3900. The first kappa shape index (κ1) is 46.0. The van der Waals surface area contributed by atoms with Crippen molar-refractivity contribution in [2.24, 2.45) is 0 Å². The molecule has 1 saturated carbocycles. The molecule has 3 nitrogen and oxygen atoms in total. The van der Waals surface area contributed by atoms with Crippen molar-refractivity contribution in [2.45, 2.75) is 136 Å². The first-order valence-electron chi connectivity index (χ1n) is 27.4. The van der Waals surface area contributed by atoms with Crippen LogP contribution in [-0.2, 0) is 21.7 Å². The SMILES string of the molecule is Cc1cc(C)c2c(c1)N(c1cc3c4c(c1)N(c1ccc5c(c1)sc1ccccc15)c1cc(C(C)(C)C)ccc1B4c1ccc(C(C)(C)C)cc1N3c1ccc3c(c1)C(C)(C)c1ccccc1-3)C1(C)CCCCC21C. The second kappa shape index (κ2) is 15.3. The Balaban J connectivity index is 1.12. The normalized spacial score (nSPS) is 20.1. The Labute approximate surface area is 444 Å². The molecule has 3 aliphatic heterocycles. The van der Waals surface area contributed by atoms with Crippen LogP contribution >= 0.6 is 11.3 Å². The van der Waals surface area contributed by atoms with Gasteiger partial charge in [-0.05, 0) is 172 Å². The Morgan fingerprint density at radius 2 is 1.09 bits per heavy atom. The number of fused-ring (bicyclic) bond motifs is 13. The average Bonchev–Trinajstić information content (AvgIpc) is 3.93. The molecule has 74 heavy (non-hydrogen) atoms. The van der Waals surface area contributed by atoms with Crippen molar-refractivity contribution in [1.82, 2.24) is 0 Å². The molecule has 4 heterocycles. The lowest BCUT2D eigenvalue weighted by molar-refractivity contribution is 0.194. The molecule has 8 aromatic carbocycles. The zero-order valence-corrected chi connectivity index (χ0v) is 46.3. The number of aryl methyl sites for hydroxylation is 2. The zero-order valence-electron chi connectivity index (χ0n) is 45.5. The lowest BCUT2D eigenvalue weighted by Gasteiger charge is -2.51. The van der Waals surface area contributed by atoms with Crippen LogP contribution in [0, 0.1) is 13.8 Å². The maximum atomic E-state index is 2.85. The summed E-state index contributed by atoms with van der Waals surface area (Å²) in [6.45, 7) is 28.9. The van der Waals surface area contributed by atoms with Crippen LogP contribution in [0.4, 0.5) is 45.5 Å². The highest BCUT2D eigenvalue weighted by Gasteiger charge is 2.59. The molecule has 1 aromatic heterocycles. The molecular weight excluding hydrogens is 914 g/mol. The van der Waals surface area contributed by atoms with E-state index >= 15 is 0 Å². The van der Waals surface area contributed by atoms with Crippen LogP contribution in [0.15, 0.2) is 146 Å². The Kier molecular flexibility index (Phi) is 9.50. The second-order valence-electron chi connectivity index (χ2n) is 25.9. The van der Waals surface area contributed by atoms with Crippen molar-refractivity contribution in [3.05, 3.63) is 185 Å². The predicted octanol–water partition coefficient (Wildman–Crippen LogP) is 17.4. The van der Waals surface area contributed by atoms with Gasteiger partial charge in [0, 0.05) is 76.5 Å². The highest BCUT2D eigenvalue weighted by atomic mass is 32.1. The number of anilines is 8. The van der Waals surface area contributed by atoms with Gasteiger partial charge >= 0.3 is 0 Å². The number of benzene rings is 8. The molecule has 9 aromatic rings. The molecule has 0 amide bonds. The van der Waals surface area contributed by atoms with E-state index in [9.17, 15) is 0 Å². The minimum atomic E-state index is -0.154. The summed E-state index contributed by atoms with van der Waals surface area (Å²) in [6.07, 6.45) is 4.80. The molecule has 14 rings (SSSR count). The largest absolute Gasteiger partial charge is 0.334 e. The van der Waals surface area contributed by atoms with Gasteiger partial charge in [-0.1, -0.05) is 160 Å². The van der Waals surface area contributed by atoms with E-state index < -0.39 is 0 Å². The summed E-state index contributed by atoms with van der Waals surface area (Å²) in [7, 11) is 0. The molecule has 5 heteroatoms. The molecule has 2 unspecified atom stereocenters. The van der Waals surface area contributed by atoms with Crippen LogP contribution in [0.3, 0.4) is 0 Å². The third-order valence-corrected chi connectivity index (χ3v) is 20.2. The summed E-state index contributed by atoms with van der Waals surface area (Å²) >= 11 is 1.91. The molecule has 0 saturated heterocycles. The van der Waals surface area contributed by atoms with Gasteiger partial charge in [0.25, 0.3) is 6.71 Å². The van der Waals surface area contributed by atoms with Crippen LogP contribution in [0.25, 0.3) is 31.3 Å². The quantitative estimate of drug-likeness (QED) is 0.163. The standard InChI is InChI=1S/C69H68BN3S/c1-41-33-42(2)63-58(34-41)73(69(12)32-18-17-31-68(63,69)11)47-38-59-64-60(39-47)72(46-26-28-51-50-20-14-16-22-61(50)74-62(51)40-46)57-36-44(66(6,7)8)24-30-55(57)70(64)54-29-23-43(65(3,4)5)35-56(54)71(59)45-25-27-49-48-19-13-15-21-52(48)67(9,10)53(49)37-45/h13-16,19-30,33-40H,17-18,31-32H2,1-12H3. The summed E-state index contributed by atoms with van der Waals surface area (Å²) in [5.74, 6) is 0. The Morgan fingerprint density at radius 1 is 0.500 bits per heavy atom. The van der Waals surface area contributed by atoms with Crippen molar-refractivity contribution in [3.8, 4) is 11.1 Å². The minimum Gasteiger partial charge on any atom is -0.334 e. The number of thiophene rings is 1. The zero-order chi connectivity index (χ0) is 51.2. The topological polar surface area (TPSA) is 9.72 Å². The van der Waals surface area contributed by atoms with Crippen molar-refractivity contribution < 1.29 is 0 Å². The van der Waals surface area contributed by atoms with Crippen molar-refractivity contribution in [3.63, 3.8) is 0 Å². The second-order valence-corrected chi connectivity index (χ2v) is 26.9. The van der Waals surface area contributed by atoms with E-state index in [1.807, 2.05) is 11.3 Å². The lowest BCUT2D eigenvalue weighted by atomic mass is 9.33. The summed E-state index contributed by atoms with van der Waals surface area (Å²) in [5.41, 5.74) is 26.3. The molecule has 0 spiro atoms. The number of hydrogen-bond acceptors (Lipinski definition) is 4. The molecule has 0 radical (unpaired) electrons. The maximum absolute atomic E-state index is 2.85. The fourth-order valence-electron chi connectivity index (χ4n) is 15.1. The summed E-state index contributed by atoms with van der Waals surface area (Å²) in [4.78, 5) is 8.23. The molecule has 368 valence electrons. The fourth-order valence-corrected chi connectivity index (χ4v) is 16.2. The number of rotatable bonds is 3. The predicted molar refractivity (Wildman–Crippen MR) is 321 cm³/mol. The maximum Gasteiger partial charge on any atom is 0.252 e. The molecule has 2 atom stereocenters. The van der Waals surface area contributed by atoms with Gasteiger partial charge < -0.3 is 14.7 Å². The Morgan fingerprint density at radius 3 is 1.78 bits per heavy atom. The Hall–Kier alpha value is -6.56. The van der Waals surface area contributed by atoms with E-state index in [0.717, 1.165) is 6.42 Å². The van der Waals surface area contributed by atoms with Crippen LogP contribution in [0.1, 0.15) is 134 Å². The van der Waals surface area contributed by atoms with E-state index in [-0.39, 0.29) is 33.9 Å². The van der Waals surface area contributed by atoms with Crippen molar-refractivity contribution in [1.29, 1.82) is 0 Å². The van der Waals surface area contributed by atoms with Gasteiger partial charge in [0.1, 0.15) is 0 Å². The summed E-state index contributed by atoms with van der Waals surface area (Å²) in [6, 6.07) is 57.9. The van der Waals surface area contributed by atoms with E-state index in [0.29, 0.717) is 0 Å². The van der Waals surface area contributed by atoms with Crippen LogP contribution < -0.4 is 31.1 Å². The van der Waals surface area contributed by atoms with Gasteiger partial charge in [0.15, 0.2) is 0 Å². The van der Waals surface area contributed by atoms with Crippen LogP contribution in [0.2, 0.25) is 0 Å². The summed E-state index contributed by atoms with van der Waals surface area (Å²) < 4.78 is 2.65. The fraction of sp³-hybridized carbons (Fsp3) is 0.304. The van der Waals surface area contributed by atoms with E-state index in [4.69, 9.17) is 0 Å². The molecule has 0 N–H and O–H groups in total. The van der Waals surface area contributed by atoms with E-state index in [2.05, 4.69) is 243 Å². The van der Waals surface area contributed by atoms with Crippen molar-refractivity contribution >= 4 is 100 Å². The van der Waals surface area contributed by atoms with E-state index in [1.54, 1.807) is 5.56 Å². The first-order chi connectivity index (χ1) is 35.3. The average molecular weight is 982 g/mol. The third kappa shape index (κ3) is 6.20. The number of nitrogens with zero attached hydrogens (tertiary/aromatic N) is 3.